The largest absolute Gasteiger partial charge is 0.497 e. The lowest BCUT2D eigenvalue weighted by molar-refractivity contribution is 0.0953. The predicted molar refractivity (Wildman–Crippen MR) is 96.4 cm³/mol. The lowest BCUT2D eigenvalue weighted by Crippen LogP contribution is -2.24. The van der Waals surface area contributed by atoms with Crippen molar-refractivity contribution in [3.8, 4) is 5.75 Å². The molecule has 0 saturated carbocycles. The predicted octanol–water partition coefficient (Wildman–Crippen LogP) is 3.62. The molecule has 0 saturated heterocycles. The number of benzene rings is 1. The number of methoxy groups -OCH3 is 1. The van der Waals surface area contributed by atoms with Crippen LogP contribution in [0, 0.1) is 0 Å². The van der Waals surface area contributed by atoms with E-state index in [1.54, 1.807) is 25.4 Å². The molecule has 5 nitrogen and oxygen atoms in total. The van der Waals surface area contributed by atoms with Gasteiger partial charge in [0, 0.05) is 24.8 Å². The number of amides is 1. The van der Waals surface area contributed by atoms with E-state index in [4.69, 9.17) is 4.74 Å². The first-order valence-corrected chi connectivity index (χ1v) is 8.34. The second kappa shape index (κ2) is 9.55. The van der Waals surface area contributed by atoms with Gasteiger partial charge in [-0.2, -0.15) is 0 Å². The Morgan fingerprint density at radius 3 is 2.67 bits per heavy atom. The average molecular weight is 327 g/mol. The van der Waals surface area contributed by atoms with Crippen molar-refractivity contribution < 1.29 is 9.53 Å². The van der Waals surface area contributed by atoms with Crippen LogP contribution in [0.2, 0.25) is 0 Å². The fourth-order valence-electron chi connectivity index (χ4n) is 2.28. The smallest absolute Gasteiger partial charge is 0.251 e. The molecule has 0 bridgehead atoms. The van der Waals surface area contributed by atoms with E-state index in [0.29, 0.717) is 24.5 Å². The number of nitrogens with one attached hydrogen (secondary N) is 2. The zero-order chi connectivity index (χ0) is 17.2. The molecular formula is C19H25N3O2. The number of rotatable bonds is 9. The molecule has 24 heavy (non-hydrogen) atoms. The third-order valence-electron chi connectivity index (χ3n) is 3.72. The van der Waals surface area contributed by atoms with Crippen molar-refractivity contribution in [3.63, 3.8) is 0 Å². The van der Waals surface area contributed by atoms with E-state index in [2.05, 4.69) is 22.5 Å². The summed E-state index contributed by atoms with van der Waals surface area (Å²) in [6.45, 7) is 3.49. The second-order valence-electron chi connectivity index (χ2n) is 5.59. The number of pyridine rings is 1. The number of nitrogens with zero attached hydrogens (tertiary/aromatic N) is 1. The molecule has 0 fully saturated rings. The summed E-state index contributed by atoms with van der Waals surface area (Å²) in [5.41, 5.74) is 1.74. The van der Waals surface area contributed by atoms with Gasteiger partial charge in [0.15, 0.2) is 0 Å². The summed E-state index contributed by atoms with van der Waals surface area (Å²) in [4.78, 5) is 16.4. The maximum absolute atomic E-state index is 12.1. The van der Waals surface area contributed by atoms with Crippen molar-refractivity contribution >= 4 is 11.7 Å². The van der Waals surface area contributed by atoms with Crippen molar-refractivity contribution in [2.45, 2.75) is 32.7 Å². The minimum absolute atomic E-state index is 0.0546. The number of hydrogen-bond donors (Lipinski definition) is 2. The van der Waals surface area contributed by atoms with Gasteiger partial charge in [-0.3, -0.25) is 4.79 Å². The number of hydrogen-bond acceptors (Lipinski definition) is 4. The van der Waals surface area contributed by atoms with Crippen LogP contribution in [0.4, 0.5) is 5.82 Å². The lowest BCUT2D eigenvalue weighted by Gasteiger charge is -2.09. The Bertz CT molecular complexity index is 641. The first-order chi connectivity index (χ1) is 11.7. The van der Waals surface area contributed by atoms with Crippen molar-refractivity contribution in [1.29, 1.82) is 0 Å². The molecule has 1 aromatic carbocycles. The number of carbonyl (C=O) groups excluding carboxylic acids is 1. The summed E-state index contributed by atoms with van der Waals surface area (Å²) in [5, 5.41) is 6.18. The van der Waals surface area contributed by atoms with Crippen LogP contribution < -0.4 is 15.4 Å². The molecule has 0 radical (unpaired) electrons. The maximum atomic E-state index is 12.1. The Morgan fingerprint density at radius 1 is 1.17 bits per heavy atom. The fraction of sp³-hybridized carbons (Fsp3) is 0.368. The summed E-state index contributed by atoms with van der Waals surface area (Å²) in [6, 6.07) is 11.3. The van der Waals surface area contributed by atoms with Crippen LogP contribution >= 0.6 is 0 Å². The van der Waals surface area contributed by atoms with E-state index in [-0.39, 0.29) is 5.91 Å². The highest BCUT2D eigenvalue weighted by Crippen LogP contribution is 2.13. The van der Waals surface area contributed by atoms with Gasteiger partial charge >= 0.3 is 0 Å². The number of carbonyl (C=O) groups is 1. The third-order valence-corrected chi connectivity index (χ3v) is 3.72. The first-order valence-electron chi connectivity index (χ1n) is 8.34. The summed E-state index contributed by atoms with van der Waals surface area (Å²) in [6.07, 6.45) is 4.93. The monoisotopic (exact) mass is 327 g/mol. The van der Waals surface area contributed by atoms with Crippen LogP contribution in [0.3, 0.4) is 0 Å². The highest BCUT2D eigenvalue weighted by molar-refractivity contribution is 5.94. The number of unbranched alkanes of at least 4 members (excludes halogenated alkanes) is 2. The molecule has 0 aliphatic heterocycles. The maximum Gasteiger partial charge on any atom is 0.251 e. The Morgan fingerprint density at radius 2 is 1.96 bits per heavy atom. The highest BCUT2D eigenvalue weighted by atomic mass is 16.5. The van der Waals surface area contributed by atoms with Crippen LogP contribution in [-0.4, -0.2) is 24.5 Å². The molecule has 0 atom stereocenters. The Hall–Kier alpha value is -2.56. The van der Waals surface area contributed by atoms with Crippen LogP contribution in [0.1, 0.15) is 42.1 Å². The van der Waals surface area contributed by atoms with E-state index < -0.39 is 0 Å². The molecule has 0 spiro atoms. The topological polar surface area (TPSA) is 63.2 Å². The minimum Gasteiger partial charge on any atom is -0.497 e. The van der Waals surface area contributed by atoms with Crippen LogP contribution in [-0.2, 0) is 6.54 Å². The van der Waals surface area contributed by atoms with Crippen molar-refractivity contribution in [2.75, 3.05) is 19.0 Å². The molecule has 2 aromatic rings. The van der Waals surface area contributed by atoms with Gasteiger partial charge < -0.3 is 15.4 Å². The van der Waals surface area contributed by atoms with Crippen LogP contribution in [0.25, 0.3) is 0 Å². The molecule has 2 N–H and O–H groups in total. The SMILES string of the molecule is CCCCCNC(=O)c1ccnc(NCc2ccc(OC)cc2)c1. The van der Waals surface area contributed by atoms with Crippen molar-refractivity contribution in [1.82, 2.24) is 10.3 Å². The summed E-state index contributed by atoms with van der Waals surface area (Å²) >= 11 is 0. The van der Waals surface area contributed by atoms with Crippen LogP contribution in [0.5, 0.6) is 5.75 Å². The van der Waals surface area contributed by atoms with E-state index in [9.17, 15) is 4.79 Å². The van der Waals surface area contributed by atoms with Gasteiger partial charge in [-0.05, 0) is 36.2 Å². The zero-order valence-electron chi connectivity index (χ0n) is 14.3. The van der Waals surface area contributed by atoms with Gasteiger partial charge in [0.1, 0.15) is 11.6 Å². The fourth-order valence-corrected chi connectivity index (χ4v) is 2.28. The highest BCUT2D eigenvalue weighted by Gasteiger charge is 2.06. The Labute approximate surface area is 143 Å². The molecule has 0 aliphatic carbocycles. The van der Waals surface area contributed by atoms with Gasteiger partial charge in [0.25, 0.3) is 5.91 Å². The van der Waals surface area contributed by atoms with Crippen LogP contribution in [0.15, 0.2) is 42.6 Å². The lowest BCUT2D eigenvalue weighted by atomic mass is 10.2. The minimum atomic E-state index is -0.0546. The Balaban J connectivity index is 1.88. The number of anilines is 1. The quantitative estimate of drug-likeness (QED) is 0.691. The number of aromatic nitrogens is 1. The normalized spacial score (nSPS) is 10.2. The first kappa shape index (κ1) is 17.8. The molecule has 1 aromatic heterocycles. The van der Waals surface area contributed by atoms with E-state index in [0.717, 1.165) is 30.6 Å². The zero-order valence-corrected chi connectivity index (χ0v) is 14.3. The van der Waals surface area contributed by atoms with Crippen molar-refractivity contribution in [2.24, 2.45) is 0 Å². The van der Waals surface area contributed by atoms with Gasteiger partial charge in [-0.25, -0.2) is 4.98 Å². The molecule has 0 unspecified atom stereocenters. The van der Waals surface area contributed by atoms with E-state index in [1.165, 1.54) is 0 Å². The Kier molecular flexibility index (Phi) is 7.08. The molecule has 1 amide bonds. The molecule has 1 heterocycles. The molecule has 0 aliphatic rings. The van der Waals surface area contributed by atoms with Gasteiger partial charge in [-0.1, -0.05) is 31.9 Å². The summed E-state index contributed by atoms with van der Waals surface area (Å²) in [5.74, 6) is 1.46. The second-order valence-corrected chi connectivity index (χ2v) is 5.59. The van der Waals surface area contributed by atoms with E-state index in [1.807, 2.05) is 24.3 Å². The van der Waals surface area contributed by atoms with Gasteiger partial charge in [0.05, 0.1) is 7.11 Å². The molecule has 128 valence electrons. The number of ether oxygens (including phenoxy) is 1. The molecule has 2 rings (SSSR count). The third kappa shape index (κ3) is 5.57. The summed E-state index contributed by atoms with van der Waals surface area (Å²) in [7, 11) is 1.65. The van der Waals surface area contributed by atoms with E-state index >= 15 is 0 Å². The summed E-state index contributed by atoms with van der Waals surface area (Å²) < 4.78 is 5.14. The standard InChI is InChI=1S/C19H25N3O2/c1-3-4-5-11-21-19(23)16-10-12-20-18(13-16)22-14-15-6-8-17(24-2)9-7-15/h6-10,12-13H,3-5,11,14H2,1-2H3,(H,20,22)(H,21,23). The van der Waals surface area contributed by atoms with Gasteiger partial charge in [-0.15, -0.1) is 0 Å². The molecular weight excluding hydrogens is 302 g/mol. The molecule has 5 heteroatoms. The van der Waals surface area contributed by atoms with Crippen molar-refractivity contribution in [3.05, 3.63) is 53.7 Å². The average Bonchev–Trinajstić information content (AvgIpc) is 2.64. The van der Waals surface area contributed by atoms with Gasteiger partial charge in [0.2, 0.25) is 0 Å².